The third-order valence-electron chi connectivity index (χ3n) is 3.55. The average Bonchev–Trinajstić information content (AvgIpc) is 2.41. The molecule has 1 fully saturated rings. The first-order chi connectivity index (χ1) is 8.30. The van der Waals surface area contributed by atoms with E-state index in [4.69, 9.17) is 4.74 Å². The van der Waals surface area contributed by atoms with Crippen molar-refractivity contribution in [1.29, 1.82) is 0 Å². The van der Waals surface area contributed by atoms with Crippen LogP contribution in [0, 0.1) is 0 Å². The van der Waals surface area contributed by atoms with Crippen LogP contribution >= 0.6 is 0 Å². The van der Waals surface area contributed by atoms with Gasteiger partial charge in [0.2, 0.25) is 0 Å². The highest BCUT2D eigenvalue weighted by atomic mass is 16.5. The summed E-state index contributed by atoms with van der Waals surface area (Å²) in [6.45, 7) is 4.78. The number of nitrogens with one attached hydrogen (secondary N) is 1. The molecule has 94 valence electrons. The molecule has 1 aliphatic rings. The normalized spacial score (nSPS) is 24.6. The molecule has 0 radical (unpaired) electrons. The van der Waals surface area contributed by atoms with E-state index < -0.39 is 0 Å². The number of aliphatic hydroxyl groups is 1. The molecular weight excluding hydrogens is 214 g/mol. The van der Waals surface area contributed by atoms with E-state index in [-0.39, 0.29) is 12.0 Å². The molecule has 17 heavy (non-hydrogen) atoms. The lowest BCUT2D eigenvalue weighted by Crippen LogP contribution is -2.45. The SMILES string of the molecule is CCOc1ccc(C2(CO)CCCNC2)cc1. The Kier molecular flexibility index (Phi) is 4.02. The zero-order valence-electron chi connectivity index (χ0n) is 10.4. The maximum absolute atomic E-state index is 9.70. The standard InChI is InChI=1S/C14H21NO2/c1-2-17-13-6-4-12(5-7-13)14(11-16)8-3-9-15-10-14/h4-7,15-16H,2-3,8-11H2,1H3. The summed E-state index contributed by atoms with van der Waals surface area (Å²) in [5, 5.41) is 13.1. The number of hydrogen-bond acceptors (Lipinski definition) is 3. The van der Waals surface area contributed by atoms with E-state index in [2.05, 4.69) is 17.4 Å². The molecule has 0 amide bonds. The van der Waals surface area contributed by atoms with E-state index in [9.17, 15) is 5.11 Å². The van der Waals surface area contributed by atoms with Crippen LogP contribution in [0.15, 0.2) is 24.3 Å². The van der Waals surface area contributed by atoms with Crippen molar-refractivity contribution in [2.75, 3.05) is 26.3 Å². The summed E-state index contributed by atoms with van der Waals surface area (Å²) in [6.07, 6.45) is 2.16. The monoisotopic (exact) mass is 235 g/mol. The third-order valence-corrected chi connectivity index (χ3v) is 3.55. The van der Waals surface area contributed by atoms with Gasteiger partial charge >= 0.3 is 0 Å². The van der Waals surface area contributed by atoms with Crippen LogP contribution in [0.2, 0.25) is 0 Å². The van der Waals surface area contributed by atoms with E-state index >= 15 is 0 Å². The maximum Gasteiger partial charge on any atom is 0.119 e. The molecule has 1 saturated heterocycles. The Morgan fingerprint density at radius 1 is 1.35 bits per heavy atom. The number of aliphatic hydroxyl groups excluding tert-OH is 1. The predicted molar refractivity (Wildman–Crippen MR) is 68.5 cm³/mol. The fourth-order valence-corrected chi connectivity index (χ4v) is 2.51. The van der Waals surface area contributed by atoms with Crippen LogP contribution < -0.4 is 10.1 Å². The largest absolute Gasteiger partial charge is 0.494 e. The van der Waals surface area contributed by atoms with Crippen molar-refractivity contribution < 1.29 is 9.84 Å². The van der Waals surface area contributed by atoms with Crippen molar-refractivity contribution in [2.45, 2.75) is 25.2 Å². The molecule has 1 heterocycles. The van der Waals surface area contributed by atoms with Gasteiger partial charge in [-0.15, -0.1) is 0 Å². The molecule has 0 saturated carbocycles. The molecule has 1 unspecified atom stereocenters. The Morgan fingerprint density at radius 3 is 2.65 bits per heavy atom. The molecule has 1 atom stereocenters. The highest BCUT2D eigenvalue weighted by Crippen LogP contribution is 2.31. The van der Waals surface area contributed by atoms with Crippen LogP contribution in [-0.2, 0) is 5.41 Å². The van der Waals surface area contributed by atoms with Crippen molar-refractivity contribution >= 4 is 0 Å². The smallest absolute Gasteiger partial charge is 0.119 e. The van der Waals surface area contributed by atoms with Gasteiger partial charge in [-0.05, 0) is 44.0 Å². The van der Waals surface area contributed by atoms with Crippen LogP contribution in [-0.4, -0.2) is 31.4 Å². The van der Waals surface area contributed by atoms with Gasteiger partial charge in [0.05, 0.1) is 13.2 Å². The molecule has 0 aromatic heterocycles. The molecule has 2 rings (SSSR count). The Balaban J connectivity index is 2.18. The number of rotatable bonds is 4. The van der Waals surface area contributed by atoms with Crippen molar-refractivity contribution in [3.8, 4) is 5.75 Å². The Bertz CT molecular complexity index is 342. The molecule has 2 N–H and O–H groups in total. The van der Waals surface area contributed by atoms with Crippen LogP contribution in [0.5, 0.6) is 5.75 Å². The van der Waals surface area contributed by atoms with Gasteiger partial charge < -0.3 is 15.2 Å². The minimum atomic E-state index is -0.108. The maximum atomic E-state index is 9.70. The van der Waals surface area contributed by atoms with E-state index in [1.165, 1.54) is 5.56 Å². The van der Waals surface area contributed by atoms with E-state index in [1.807, 2.05) is 19.1 Å². The number of benzene rings is 1. The second kappa shape index (κ2) is 5.52. The second-order valence-electron chi connectivity index (χ2n) is 4.68. The summed E-state index contributed by atoms with van der Waals surface area (Å²) in [5.41, 5.74) is 1.10. The first kappa shape index (κ1) is 12.4. The summed E-state index contributed by atoms with van der Waals surface area (Å²) in [4.78, 5) is 0. The summed E-state index contributed by atoms with van der Waals surface area (Å²) >= 11 is 0. The van der Waals surface area contributed by atoms with Gasteiger partial charge in [-0.3, -0.25) is 0 Å². The van der Waals surface area contributed by atoms with Gasteiger partial charge in [-0.25, -0.2) is 0 Å². The summed E-state index contributed by atoms with van der Waals surface area (Å²) < 4.78 is 5.44. The van der Waals surface area contributed by atoms with E-state index in [0.717, 1.165) is 31.7 Å². The number of ether oxygens (including phenoxy) is 1. The zero-order valence-corrected chi connectivity index (χ0v) is 10.4. The number of hydrogen-bond donors (Lipinski definition) is 2. The first-order valence-electron chi connectivity index (χ1n) is 6.36. The first-order valence-corrected chi connectivity index (χ1v) is 6.36. The quantitative estimate of drug-likeness (QED) is 0.834. The fourth-order valence-electron chi connectivity index (χ4n) is 2.51. The van der Waals surface area contributed by atoms with Crippen molar-refractivity contribution in [3.63, 3.8) is 0 Å². The van der Waals surface area contributed by atoms with Crippen molar-refractivity contribution in [3.05, 3.63) is 29.8 Å². The highest BCUT2D eigenvalue weighted by Gasteiger charge is 2.33. The van der Waals surface area contributed by atoms with Gasteiger partial charge in [0, 0.05) is 12.0 Å². The fraction of sp³-hybridized carbons (Fsp3) is 0.571. The van der Waals surface area contributed by atoms with E-state index in [1.54, 1.807) is 0 Å². The molecule has 0 aliphatic carbocycles. The van der Waals surface area contributed by atoms with Gasteiger partial charge in [-0.2, -0.15) is 0 Å². The Labute approximate surface area is 103 Å². The van der Waals surface area contributed by atoms with Crippen LogP contribution in [0.25, 0.3) is 0 Å². The number of piperidine rings is 1. The van der Waals surface area contributed by atoms with E-state index in [0.29, 0.717) is 6.61 Å². The van der Waals surface area contributed by atoms with Crippen molar-refractivity contribution in [1.82, 2.24) is 5.32 Å². The average molecular weight is 235 g/mol. The summed E-state index contributed by atoms with van der Waals surface area (Å²) in [6, 6.07) is 8.14. The van der Waals surface area contributed by atoms with Crippen LogP contribution in [0.1, 0.15) is 25.3 Å². The molecule has 0 spiro atoms. The molecule has 1 aromatic carbocycles. The van der Waals surface area contributed by atoms with Gasteiger partial charge in [-0.1, -0.05) is 12.1 Å². The van der Waals surface area contributed by atoms with Gasteiger partial charge in [0.15, 0.2) is 0 Å². The topological polar surface area (TPSA) is 41.5 Å². The van der Waals surface area contributed by atoms with Crippen molar-refractivity contribution in [2.24, 2.45) is 0 Å². The minimum absolute atomic E-state index is 0.108. The molecule has 0 bridgehead atoms. The Hall–Kier alpha value is -1.06. The van der Waals surface area contributed by atoms with Gasteiger partial charge in [0.25, 0.3) is 0 Å². The molecular formula is C14H21NO2. The van der Waals surface area contributed by atoms with Crippen LogP contribution in [0.4, 0.5) is 0 Å². The summed E-state index contributed by atoms with van der Waals surface area (Å²) in [7, 11) is 0. The van der Waals surface area contributed by atoms with Crippen LogP contribution in [0.3, 0.4) is 0 Å². The Morgan fingerprint density at radius 2 is 2.12 bits per heavy atom. The summed E-state index contributed by atoms with van der Waals surface area (Å²) in [5.74, 6) is 0.896. The molecule has 1 aliphatic heterocycles. The highest BCUT2D eigenvalue weighted by molar-refractivity contribution is 5.33. The third kappa shape index (κ3) is 2.61. The predicted octanol–water partition coefficient (Wildman–Crippen LogP) is 1.70. The minimum Gasteiger partial charge on any atom is -0.494 e. The lowest BCUT2D eigenvalue weighted by molar-refractivity contribution is 0.162. The van der Waals surface area contributed by atoms with Gasteiger partial charge in [0.1, 0.15) is 5.75 Å². The molecule has 3 nitrogen and oxygen atoms in total. The molecule has 3 heteroatoms. The lowest BCUT2D eigenvalue weighted by Gasteiger charge is -2.36. The zero-order chi connectivity index (χ0) is 12.1. The second-order valence-corrected chi connectivity index (χ2v) is 4.68. The lowest BCUT2D eigenvalue weighted by atomic mass is 9.75. The molecule has 1 aromatic rings.